The lowest BCUT2D eigenvalue weighted by Gasteiger charge is -2.09. The molecule has 26 heavy (non-hydrogen) atoms. The summed E-state index contributed by atoms with van der Waals surface area (Å²) >= 11 is 6.68. The van der Waals surface area contributed by atoms with Gasteiger partial charge in [0.1, 0.15) is 11.6 Å². The van der Waals surface area contributed by atoms with Crippen LogP contribution < -0.4 is 5.43 Å². The van der Waals surface area contributed by atoms with Crippen LogP contribution >= 0.6 is 31.9 Å². The summed E-state index contributed by atoms with van der Waals surface area (Å²) in [6.45, 7) is 1.81. The first kappa shape index (κ1) is 18.5. The second-order valence-corrected chi connectivity index (χ2v) is 7.16. The molecule has 0 radical (unpaired) electrons. The van der Waals surface area contributed by atoms with Gasteiger partial charge in [-0.15, -0.1) is 0 Å². The largest absolute Gasteiger partial charge is 0.506 e. The molecule has 0 fully saturated rings. The fraction of sp³-hybridized carbons (Fsp3) is 0.0556. The van der Waals surface area contributed by atoms with Gasteiger partial charge in [0.05, 0.1) is 16.3 Å². The van der Waals surface area contributed by atoms with Gasteiger partial charge in [0, 0.05) is 21.8 Å². The van der Waals surface area contributed by atoms with Gasteiger partial charge >= 0.3 is 0 Å². The molecule has 0 saturated carbocycles. The highest BCUT2D eigenvalue weighted by Crippen LogP contribution is 2.37. The minimum Gasteiger partial charge on any atom is -0.506 e. The van der Waals surface area contributed by atoms with Gasteiger partial charge < -0.3 is 5.11 Å². The van der Waals surface area contributed by atoms with Crippen molar-refractivity contribution >= 4 is 43.9 Å². The van der Waals surface area contributed by atoms with Crippen LogP contribution in [0.1, 0.15) is 11.3 Å². The maximum atomic E-state index is 13.6. The Balaban J connectivity index is 1.90. The third-order valence-corrected chi connectivity index (χ3v) is 4.47. The molecule has 0 unspecified atom stereocenters. The second kappa shape index (κ2) is 7.92. The normalized spacial score (nSPS) is 11.1. The first-order valence-corrected chi connectivity index (χ1v) is 9.10. The molecule has 1 heterocycles. The lowest BCUT2D eigenvalue weighted by atomic mass is 10.2. The average Bonchev–Trinajstić information content (AvgIpc) is 2.59. The smallest absolute Gasteiger partial charge is 0.165 e. The van der Waals surface area contributed by atoms with Crippen molar-refractivity contribution in [2.24, 2.45) is 5.10 Å². The minimum absolute atomic E-state index is 0.0413. The van der Waals surface area contributed by atoms with E-state index in [0.29, 0.717) is 32.9 Å². The van der Waals surface area contributed by atoms with E-state index in [1.807, 2.05) is 0 Å². The van der Waals surface area contributed by atoms with Crippen LogP contribution in [0, 0.1) is 12.7 Å². The predicted octanol–water partition coefficient (Wildman–Crippen LogP) is 5.27. The number of nitrogens with one attached hydrogen (secondary N) is 1. The summed E-state index contributed by atoms with van der Waals surface area (Å²) in [7, 11) is 0. The Morgan fingerprint density at radius 1 is 1.15 bits per heavy atom. The molecule has 0 atom stereocenters. The first-order chi connectivity index (χ1) is 12.4. The van der Waals surface area contributed by atoms with Crippen molar-refractivity contribution in [1.82, 2.24) is 9.97 Å². The van der Waals surface area contributed by atoms with Crippen LogP contribution in [0.25, 0.3) is 11.4 Å². The third-order valence-electron chi connectivity index (χ3n) is 3.41. The molecule has 1 aromatic heterocycles. The molecular formula is C18H13Br2FN4O. The molecule has 0 aliphatic rings. The minimum atomic E-state index is -0.360. The van der Waals surface area contributed by atoms with E-state index in [-0.39, 0.29) is 11.6 Å². The molecule has 0 amide bonds. The van der Waals surface area contributed by atoms with E-state index in [2.05, 4.69) is 52.4 Å². The van der Waals surface area contributed by atoms with Crippen molar-refractivity contribution in [3.63, 3.8) is 0 Å². The standard InChI is InChI=1S/C18H13Br2FN4O/c1-10-6-16(25-22-9-11-4-2-3-5-15(11)21)24-18(23-10)13-7-12(19)8-14(20)17(13)26/h2-9,26H,1H3,(H,23,24,25). The molecular weight excluding hydrogens is 467 g/mol. The first-order valence-electron chi connectivity index (χ1n) is 7.51. The summed E-state index contributed by atoms with van der Waals surface area (Å²) in [5.41, 5.74) is 4.28. The zero-order chi connectivity index (χ0) is 18.7. The fourth-order valence-corrected chi connectivity index (χ4v) is 3.46. The highest BCUT2D eigenvalue weighted by molar-refractivity contribution is 9.11. The van der Waals surface area contributed by atoms with Crippen molar-refractivity contribution in [2.75, 3.05) is 5.43 Å². The lowest BCUT2D eigenvalue weighted by molar-refractivity contribution is 0.473. The maximum absolute atomic E-state index is 13.6. The van der Waals surface area contributed by atoms with Gasteiger partial charge in [-0.3, -0.25) is 5.43 Å². The highest BCUT2D eigenvalue weighted by Gasteiger charge is 2.13. The van der Waals surface area contributed by atoms with Gasteiger partial charge in [0.15, 0.2) is 11.6 Å². The Bertz CT molecular complexity index is 995. The van der Waals surface area contributed by atoms with E-state index in [1.165, 1.54) is 12.3 Å². The van der Waals surface area contributed by atoms with Gasteiger partial charge in [-0.2, -0.15) is 5.10 Å². The number of anilines is 1. The molecule has 132 valence electrons. The Labute approximate surface area is 166 Å². The Morgan fingerprint density at radius 3 is 2.69 bits per heavy atom. The number of benzene rings is 2. The monoisotopic (exact) mass is 478 g/mol. The van der Waals surface area contributed by atoms with Crippen LogP contribution in [-0.2, 0) is 0 Å². The van der Waals surface area contributed by atoms with Crippen molar-refractivity contribution in [3.8, 4) is 17.1 Å². The molecule has 3 aromatic rings. The molecule has 2 N–H and O–H groups in total. The van der Waals surface area contributed by atoms with Gasteiger partial charge in [-0.05, 0) is 41.1 Å². The maximum Gasteiger partial charge on any atom is 0.165 e. The quantitative estimate of drug-likeness (QED) is 0.395. The molecule has 3 rings (SSSR count). The molecule has 2 aromatic carbocycles. The summed E-state index contributed by atoms with van der Waals surface area (Å²) in [6.07, 6.45) is 1.37. The Kier molecular flexibility index (Phi) is 5.63. The van der Waals surface area contributed by atoms with Crippen LogP contribution in [0.2, 0.25) is 0 Å². The molecule has 0 bridgehead atoms. The number of nitrogens with zero attached hydrogens (tertiary/aromatic N) is 3. The van der Waals surface area contributed by atoms with Gasteiger partial charge in [0.25, 0.3) is 0 Å². The Morgan fingerprint density at radius 2 is 1.92 bits per heavy atom. The van der Waals surface area contributed by atoms with E-state index in [4.69, 9.17) is 0 Å². The third kappa shape index (κ3) is 4.25. The summed E-state index contributed by atoms with van der Waals surface area (Å²) in [4.78, 5) is 8.73. The number of phenolic OH excluding ortho intramolecular Hbond substituents is 1. The predicted molar refractivity (Wildman–Crippen MR) is 107 cm³/mol. The van der Waals surface area contributed by atoms with Crippen LogP contribution in [0.3, 0.4) is 0 Å². The summed E-state index contributed by atoms with van der Waals surface area (Å²) in [5.74, 6) is 0.449. The molecule has 0 aliphatic heterocycles. The van der Waals surface area contributed by atoms with E-state index in [9.17, 15) is 9.50 Å². The second-order valence-electron chi connectivity index (χ2n) is 5.39. The number of aromatic nitrogens is 2. The number of aromatic hydroxyl groups is 1. The average molecular weight is 480 g/mol. The number of rotatable bonds is 4. The van der Waals surface area contributed by atoms with Crippen molar-refractivity contribution in [3.05, 3.63) is 68.5 Å². The van der Waals surface area contributed by atoms with Crippen LogP contribution in [0.4, 0.5) is 10.2 Å². The zero-order valence-corrected chi connectivity index (χ0v) is 16.7. The van der Waals surface area contributed by atoms with Crippen LogP contribution in [0.5, 0.6) is 5.75 Å². The van der Waals surface area contributed by atoms with Crippen LogP contribution in [-0.4, -0.2) is 21.3 Å². The van der Waals surface area contributed by atoms with Gasteiger partial charge in [-0.25, -0.2) is 14.4 Å². The lowest BCUT2D eigenvalue weighted by Crippen LogP contribution is -2.00. The van der Waals surface area contributed by atoms with Crippen LogP contribution in [0.15, 0.2) is 56.5 Å². The van der Waals surface area contributed by atoms with Gasteiger partial charge in [0.2, 0.25) is 0 Å². The Hall–Kier alpha value is -2.32. The number of hydrogen-bond acceptors (Lipinski definition) is 5. The number of halogens is 3. The number of hydrazone groups is 1. The molecule has 5 nitrogen and oxygen atoms in total. The molecule has 0 aliphatic carbocycles. The van der Waals surface area contributed by atoms with E-state index < -0.39 is 0 Å². The van der Waals surface area contributed by atoms with Crippen molar-refractivity contribution in [1.29, 1.82) is 0 Å². The zero-order valence-electron chi connectivity index (χ0n) is 13.5. The summed E-state index contributed by atoms with van der Waals surface area (Å²) in [5, 5.41) is 14.3. The highest BCUT2D eigenvalue weighted by atomic mass is 79.9. The van der Waals surface area contributed by atoms with Crippen molar-refractivity contribution < 1.29 is 9.50 Å². The fourth-order valence-electron chi connectivity index (χ4n) is 2.23. The SMILES string of the molecule is Cc1cc(NN=Cc2ccccc2F)nc(-c2cc(Br)cc(Br)c2O)n1. The van der Waals surface area contributed by atoms with Gasteiger partial charge in [-0.1, -0.05) is 34.1 Å². The van der Waals surface area contributed by atoms with E-state index in [0.717, 1.165) is 4.47 Å². The number of hydrogen-bond donors (Lipinski definition) is 2. The number of aryl methyl sites for hydroxylation is 1. The molecule has 0 saturated heterocycles. The number of phenols is 1. The van der Waals surface area contributed by atoms with E-state index in [1.54, 1.807) is 43.3 Å². The summed E-state index contributed by atoms with van der Waals surface area (Å²) < 4.78 is 14.9. The van der Waals surface area contributed by atoms with Crippen molar-refractivity contribution in [2.45, 2.75) is 6.92 Å². The molecule has 8 heteroatoms. The summed E-state index contributed by atoms with van der Waals surface area (Å²) in [6, 6.07) is 11.5. The van der Waals surface area contributed by atoms with E-state index >= 15 is 0 Å². The molecule has 0 spiro atoms. The topological polar surface area (TPSA) is 70.4 Å².